The average Bonchev–Trinajstić information content (AvgIpc) is 2.52. The number of hydrogen-bond donors (Lipinski definition) is 1. The van der Waals surface area contributed by atoms with Crippen LogP contribution in [0.3, 0.4) is 0 Å². The first-order valence-electron chi connectivity index (χ1n) is 8.69. The Labute approximate surface area is 133 Å². The Morgan fingerprint density at radius 1 is 0.909 bits per heavy atom. The first-order chi connectivity index (χ1) is 10.8. The lowest BCUT2D eigenvalue weighted by Gasteiger charge is -2.54. The van der Waals surface area contributed by atoms with E-state index in [1.807, 2.05) is 0 Å². The molecule has 1 N–H and O–H groups in total. The zero-order valence-corrected chi connectivity index (χ0v) is 13.6. The summed E-state index contributed by atoms with van der Waals surface area (Å²) in [5, 5.41) is 3.88. The Morgan fingerprint density at radius 2 is 1.50 bits per heavy atom. The third kappa shape index (κ3) is 2.44. The van der Waals surface area contributed by atoms with Gasteiger partial charge in [-0.25, -0.2) is 0 Å². The number of methoxy groups -OCH3 is 2. The first-order valence-corrected chi connectivity index (χ1v) is 8.69. The molecule has 22 heavy (non-hydrogen) atoms. The molecule has 4 aliphatic rings. The second-order valence-electron chi connectivity index (χ2n) is 7.49. The van der Waals surface area contributed by atoms with Gasteiger partial charge in [-0.2, -0.15) is 0 Å². The van der Waals surface area contributed by atoms with Crippen LogP contribution in [0.5, 0.6) is 0 Å². The monoisotopic (exact) mass is 301 g/mol. The number of benzene rings is 1. The van der Waals surface area contributed by atoms with Crippen LogP contribution in [-0.2, 0) is 9.47 Å². The molecule has 1 aromatic rings. The van der Waals surface area contributed by atoms with Gasteiger partial charge in [-0.3, -0.25) is 0 Å². The molecule has 3 heteroatoms. The number of para-hydroxylation sites is 1. The molecule has 4 saturated carbocycles. The normalized spacial score (nSPS) is 36.0. The molecule has 120 valence electrons. The van der Waals surface area contributed by atoms with Crippen LogP contribution in [-0.4, -0.2) is 20.3 Å². The van der Waals surface area contributed by atoms with Crippen molar-refractivity contribution < 1.29 is 9.47 Å². The zero-order chi connectivity index (χ0) is 15.1. The molecule has 0 spiro atoms. The predicted molar refractivity (Wildman–Crippen MR) is 87.7 cm³/mol. The zero-order valence-electron chi connectivity index (χ0n) is 13.6. The summed E-state index contributed by atoms with van der Waals surface area (Å²) in [6.07, 6.45) is 6.96. The molecule has 0 atom stereocenters. The molecule has 0 saturated heterocycles. The van der Waals surface area contributed by atoms with E-state index in [9.17, 15) is 0 Å². The number of ether oxygens (including phenoxy) is 2. The van der Waals surface area contributed by atoms with Crippen molar-refractivity contribution >= 4 is 5.69 Å². The lowest BCUT2D eigenvalue weighted by atomic mass is 9.54. The molecule has 1 aromatic carbocycles. The molecule has 4 fully saturated rings. The van der Waals surface area contributed by atoms with E-state index < -0.39 is 0 Å². The summed E-state index contributed by atoms with van der Waals surface area (Å²) in [5.41, 5.74) is 2.30. The third-order valence-corrected chi connectivity index (χ3v) is 6.19. The standard InChI is InChI=1S/C19H27NO2/c1-21-19(22-2)16-5-3-4-6-17(16)20-18-14-8-12-7-13(10-14)11-15(18)9-12/h3-6,12-15,18-20H,7-11H2,1-2H3. The van der Waals surface area contributed by atoms with Crippen LogP contribution in [0, 0.1) is 23.7 Å². The van der Waals surface area contributed by atoms with Gasteiger partial charge in [-0.1, -0.05) is 18.2 Å². The van der Waals surface area contributed by atoms with Crippen molar-refractivity contribution in [2.75, 3.05) is 19.5 Å². The lowest BCUT2D eigenvalue weighted by molar-refractivity contribution is -0.105. The van der Waals surface area contributed by atoms with E-state index in [2.05, 4.69) is 29.6 Å². The lowest BCUT2D eigenvalue weighted by Crippen LogP contribution is -2.51. The Hall–Kier alpha value is -1.06. The van der Waals surface area contributed by atoms with E-state index >= 15 is 0 Å². The number of anilines is 1. The highest BCUT2D eigenvalue weighted by atomic mass is 16.7. The van der Waals surface area contributed by atoms with Crippen LogP contribution in [0.25, 0.3) is 0 Å². The topological polar surface area (TPSA) is 30.5 Å². The minimum Gasteiger partial charge on any atom is -0.381 e. The SMILES string of the molecule is COC(OC)c1ccccc1NC1C2CC3CC(C2)CC1C3. The summed E-state index contributed by atoms with van der Waals surface area (Å²) < 4.78 is 10.9. The quantitative estimate of drug-likeness (QED) is 0.826. The predicted octanol–water partition coefficient (Wildman–Crippen LogP) is 4.21. The van der Waals surface area contributed by atoms with Gasteiger partial charge in [0.25, 0.3) is 0 Å². The summed E-state index contributed by atoms with van der Waals surface area (Å²) in [6.45, 7) is 0. The molecule has 5 rings (SSSR count). The maximum atomic E-state index is 5.47. The molecule has 4 aliphatic carbocycles. The van der Waals surface area contributed by atoms with Gasteiger partial charge in [-0.05, 0) is 61.8 Å². The summed E-state index contributed by atoms with van der Waals surface area (Å²) in [4.78, 5) is 0. The van der Waals surface area contributed by atoms with Gasteiger partial charge in [0.1, 0.15) is 0 Å². The fourth-order valence-corrected chi connectivity index (χ4v) is 5.52. The van der Waals surface area contributed by atoms with Crippen LogP contribution < -0.4 is 5.32 Å². The van der Waals surface area contributed by atoms with Crippen molar-refractivity contribution in [2.45, 2.75) is 44.4 Å². The third-order valence-electron chi connectivity index (χ3n) is 6.19. The van der Waals surface area contributed by atoms with Crippen molar-refractivity contribution in [1.29, 1.82) is 0 Å². The summed E-state index contributed by atoms with van der Waals surface area (Å²) in [5.74, 6) is 3.77. The van der Waals surface area contributed by atoms with E-state index in [0.29, 0.717) is 6.04 Å². The van der Waals surface area contributed by atoms with E-state index in [-0.39, 0.29) is 6.29 Å². The van der Waals surface area contributed by atoms with Gasteiger partial charge in [0, 0.05) is 31.5 Å². The molecule has 0 amide bonds. The Bertz CT molecular complexity index is 498. The molecule has 0 heterocycles. The van der Waals surface area contributed by atoms with Crippen molar-refractivity contribution in [3.05, 3.63) is 29.8 Å². The van der Waals surface area contributed by atoms with E-state index in [1.54, 1.807) is 14.2 Å². The Balaban J connectivity index is 1.56. The smallest absolute Gasteiger partial charge is 0.185 e. The van der Waals surface area contributed by atoms with Gasteiger partial charge in [-0.15, -0.1) is 0 Å². The second kappa shape index (κ2) is 5.86. The number of hydrogen-bond acceptors (Lipinski definition) is 3. The fraction of sp³-hybridized carbons (Fsp3) is 0.684. The minimum absolute atomic E-state index is 0.291. The fourth-order valence-electron chi connectivity index (χ4n) is 5.52. The minimum atomic E-state index is -0.291. The molecule has 0 aromatic heterocycles. The van der Waals surface area contributed by atoms with Crippen molar-refractivity contribution in [3.63, 3.8) is 0 Å². The summed E-state index contributed by atoms with van der Waals surface area (Å²) in [7, 11) is 3.40. The number of rotatable bonds is 5. The van der Waals surface area contributed by atoms with Gasteiger partial charge < -0.3 is 14.8 Å². The largest absolute Gasteiger partial charge is 0.381 e. The van der Waals surface area contributed by atoms with Crippen molar-refractivity contribution in [1.82, 2.24) is 0 Å². The molecular formula is C19H27NO2. The first kappa shape index (κ1) is 14.5. The Morgan fingerprint density at radius 3 is 2.09 bits per heavy atom. The van der Waals surface area contributed by atoms with Crippen LogP contribution in [0.1, 0.15) is 44.0 Å². The highest BCUT2D eigenvalue weighted by Crippen LogP contribution is 2.54. The molecule has 4 bridgehead atoms. The van der Waals surface area contributed by atoms with E-state index in [1.165, 1.54) is 37.8 Å². The molecule has 0 radical (unpaired) electrons. The highest BCUT2D eigenvalue weighted by Gasteiger charge is 2.48. The molecule has 3 nitrogen and oxygen atoms in total. The van der Waals surface area contributed by atoms with Crippen molar-refractivity contribution in [2.24, 2.45) is 23.7 Å². The van der Waals surface area contributed by atoms with Gasteiger partial charge in [0.15, 0.2) is 6.29 Å². The summed E-state index contributed by atoms with van der Waals surface area (Å²) in [6, 6.07) is 9.08. The molecular weight excluding hydrogens is 274 g/mol. The highest BCUT2D eigenvalue weighted by molar-refractivity contribution is 5.53. The van der Waals surface area contributed by atoms with Crippen molar-refractivity contribution in [3.8, 4) is 0 Å². The van der Waals surface area contributed by atoms with E-state index in [4.69, 9.17) is 9.47 Å². The summed E-state index contributed by atoms with van der Waals surface area (Å²) >= 11 is 0. The van der Waals surface area contributed by atoms with Gasteiger partial charge in [0.05, 0.1) is 0 Å². The molecule has 0 aliphatic heterocycles. The van der Waals surface area contributed by atoms with Gasteiger partial charge in [0.2, 0.25) is 0 Å². The average molecular weight is 301 g/mol. The van der Waals surface area contributed by atoms with Crippen LogP contribution in [0.15, 0.2) is 24.3 Å². The van der Waals surface area contributed by atoms with Crippen LogP contribution >= 0.6 is 0 Å². The van der Waals surface area contributed by atoms with E-state index in [0.717, 1.165) is 29.2 Å². The molecule has 0 unspecified atom stereocenters. The number of nitrogens with one attached hydrogen (secondary N) is 1. The maximum Gasteiger partial charge on any atom is 0.185 e. The maximum absolute atomic E-state index is 5.47. The second-order valence-corrected chi connectivity index (χ2v) is 7.49. The van der Waals surface area contributed by atoms with Gasteiger partial charge >= 0.3 is 0 Å². The Kier molecular flexibility index (Phi) is 3.87. The van der Waals surface area contributed by atoms with Crippen LogP contribution in [0.4, 0.5) is 5.69 Å². The van der Waals surface area contributed by atoms with Crippen LogP contribution in [0.2, 0.25) is 0 Å².